The normalized spacial score (nSPS) is 9.76. The Morgan fingerprint density at radius 3 is 2.33 bits per heavy atom. The van der Waals surface area contributed by atoms with Crippen LogP contribution in [-0.2, 0) is 0 Å². The molecule has 4 nitrogen and oxygen atoms in total. The summed E-state index contributed by atoms with van der Waals surface area (Å²) in [5.74, 6) is -0.137. The summed E-state index contributed by atoms with van der Waals surface area (Å²) in [5.41, 5.74) is 2.17. The first-order valence-electron chi connectivity index (χ1n) is 6.70. The molecule has 0 aliphatic heterocycles. The number of rotatable bonds is 4. The predicted octanol–water partition coefficient (Wildman–Crippen LogP) is 3.25. The monoisotopic (exact) mass is 299 g/mol. The van der Waals surface area contributed by atoms with Crippen molar-refractivity contribution in [1.82, 2.24) is 5.32 Å². The smallest absolute Gasteiger partial charge is 0.255 e. The molecule has 0 bridgehead atoms. The van der Waals surface area contributed by atoms with Crippen molar-refractivity contribution >= 4 is 34.6 Å². The number of amides is 1. The molecule has 0 unspecified atom stereocenters. The SMILES string of the molecule is CCNC(=S)Nc1cccc(NC(=O)c2ccccc2)c1. The average Bonchev–Trinajstić information content (AvgIpc) is 2.48. The van der Waals surface area contributed by atoms with Gasteiger partial charge in [0.05, 0.1) is 0 Å². The molecule has 3 N–H and O–H groups in total. The van der Waals surface area contributed by atoms with Crippen LogP contribution in [0, 0.1) is 0 Å². The van der Waals surface area contributed by atoms with E-state index in [2.05, 4.69) is 16.0 Å². The molecule has 0 radical (unpaired) electrons. The van der Waals surface area contributed by atoms with Crippen LogP contribution < -0.4 is 16.0 Å². The Morgan fingerprint density at radius 2 is 1.67 bits per heavy atom. The zero-order valence-corrected chi connectivity index (χ0v) is 12.5. The van der Waals surface area contributed by atoms with Gasteiger partial charge in [0.25, 0.3) is 5.91 Å². The number of hydrogen-bond acceptors (Lipinski definition) is 2. The van der Waals surface area contributed by atoms with E-state index in [1.54, 1.807) is 12.1 Å². The van der Waals surface area contributed by atoms with Gasteiger partial charge >= 0.3 is 0 Å². The van der Waals surface area contributed by atoms with Gasteiger partial charge in [-0.25, -0.2) is 0 Å². The lowest BCUT2D eigenvalue weighted by Gasteiger charge is -2.11. The van der Waals surface area contributed by atoms with Gasteiger partial charge in [0.2, 0.25) is 0 Å². The molecule has 0 aliphatic carbocycles. The zero-order valence-electron chi connectivity index (χ0n) is 11.7. The highest BCUT2D eigenvalue weighted by atomic mass is 32.1. The second-order valence-corrected chi connectivity index (χ2v) is 4.79. The number of benzene rings is 2. The minimum Gasteiger partial charge on any atom is -0.363 e. The summed E-state index contributed by atoms with van der Waals surface area (Å²) in [6, 6.07) is 16.5. The largest absolute Gasteiger partial charge is 0.363 e. The molecule has 5 heteroatoms. The summed E-state index contributed by atoms with van der Waals surface area (Å²) in [6.07, 6.45) is 0. The summed E-state index contributed by atoms with van der Waals surface area (Å²) < 4.78 is 0. The lowest BCUT2D eigenvalue weighted by molar-refractivity contribution is 0.102. The summed E-state index contributed by atoms with van der Waals surface area (Å²) in [7, 11) is 0. The van der Waals surface area contributed by atoms with Crippen LogP contribution in [0.15, 0.2) is 54.6 Å². The molecule has 0 aromatic heterocycles. The molecule has 2 rings (SSSR count). The van der Waals surface area contributed by atoms with Gasteiger partial charge in [-0.3, -0.25) is 4.79 Å². The van der Waals surface area contributed by atoms with E-state index in [1.165, 1.54) is 0 Å². The van der Waals surface area contributed by atoms with Crippen LogP contribution in [0.5, 0.6) is 0 Å². The van der Waals surface area contributed by atoms with Crippen molar-refractivity contribution < 1.29 is 4.79 Å². The molecule has 0 saturated heterocycles. The van der Waals surface area contributed by atoms with Crippen molar-refractivity contribution in [2.24, 2.45) is 0 Å². The maximum Gasteiger partial charge on any atom is 0.255 e. The summed E-state index contributed by atoms with van der Waals surface area (Å²) >= 11 is 5.13. The first-order chi connectivity index (χ1) is 10.2. The quantitative estimate of drug-likeness (QED) is 0.759. The van der Waals surface area contributed by atoms with Gasteiger partial charge in [-0.2, -0.15) is 0 Å². The van der Waals surface area contributed by atoms with Gasteiger partial charge in [0.15, 0.2) is 5.11 Å². The summed E-state index contributed by atoms with van der Waals surface area (Å²) in [4.78, 5) is 12.1. The predicted molar refractivity (Wildman–Crippen MR) is 90.7 cm³/mol. The molecule has 0 saturated carbocycles. The molecule has 0 aliphatic rings. The van der Waals surface area contributed by atoms with Gasteiger partial charge in [-0.15, -0.1) is 0 Å². The third-order valence-electron chi connectivity index (χ3n) is 2.75. The van der Waals surface area contributed by atoms with Gasteiger partial charge in [0, 0.05) is 23.5 Å². The Morgan fingerprint density at radius 1 is 1.00 bits per heavy atom. The van der Waals surface area contributed by atoms with E-state index in [-0.39, 0.29) is 5.91 Å². The Balaban J connectivity index is 2.04. The van der Waals surface area contributed by atoms with E-state index in [0.717, 1.165) is 12.2 Å². The third-order valence-corrected chi connectivity index (χ3v) is 3.00. The molecule has 21 heavy (non-hydrogen) atoms. The first kappa shape index (κ1) is 15.0. The van der Waals surface area contributed by atoms with E-state index in [0.29, 0.717) is 16.4 Å². The summed E-state index contributed by atoms with van der Waals surface area (Å²) in [6.45, 7) is 2.74. The first-order valence-corrected chi connectivity index (χ1v) is 7.11. The molecule has 2 aromatic rings. The zero-order chi connectivity index (χ0) is 15.1. The van der Waals surface area contributed by atoms with E-state index >= 15 is 0 Å². The van der Waals surface area contributed by atoms with Crippen LogP contribution in [0.2, 0.25) is 0 Å². The lowest BCUT2D eigenvalue weighted by Crippen LogP contribution is -2.27. The minimum atomic E-state index is -0.137. The fraction of sp³-hybridized carbons (Fsp3) is 0.125. The summed E-state index contributed by atoms with van der Waals surface area (Å²) in [5, 5.41) is 9.50. The topological polar surface area (TPSA) is 53.2 Å². The van der Waals surface area contributed by atoms with Crippen molar-refractivity contribution in [3.63, 3.8) is 0 Å². The van der Waals surface area contributed by atoms with E-state index < -0.39 is 0 Å². The van der Waals surface area contributed by atoms with E-state index in [4.69, 9.17) is 12.2 Å². The fourth-order valence-electron chi connectivity index (χ4n) is 1.80. The Hall–Kier alpha value is -2.40. The number of thiocarbonyl (C=S) groups is 1. The fourth-order valence-corrected chi connectivity index (χ4v) is 2.07. The molecule has 1 amide bonds. The van der Waals surface area contributed by atoms with Crippen LogP contribution in [-0.4, -0.2) is 17.6 Å². The second kappa shape index (κ2) is 7.40. The van der Waals surface area contributed by atoms with Crippen LogP contribution in [0.3, 0.4) is 0 Å². The molecule has 0 spiro atoms. The average molecular weight is 299 g/mol. The maximum atomic E-state index is 12.1. The Bertz CT molecular complexity index is 628. The number of carbonyl (C=O) groups excluding carboxylic acids is 1. The number of hydrogen-bond donors (Lipinski definition) is 3. The number of carbonyl (C=O) groups is 1. The Kier molecular flexibility index (Phi) is 5.29. The van der Waals surface area contributed by atoms with Crippen molar-refractivity contribution in [3.05, 3.63) is 60.2 Å². The van der Waals surface area contributed by atoms with E-state index in [9.17, 15) is 4.79 Å². The van der Waals surface area contributed by atoms with Crippen molar-refractivity contribution in [3.8, 4) is 0 Å². The minimum absolute atomic E-state index is 0.137. The van der Waals surface area contributed by atoms with Gasteiger partial charge in [-0.05, 0) is 49.5 Å². The van der Waals surface area contributed by atoms with Crippen LogP contribution >= 0.6 is 12.2 Å². The third kappa shape index (κ3) is 4.57. The lowest BCUT2D eigenvalue weighted by atomic mass is 10.2. The standard InChI is InChI=1S/C16H17N3OS/c1-2-17-16(21)19-14-10-6-9-13(11-14)18-15(20)12-7-4-3-5-8-12/h3-11H,2H2,1H3,(H,18,20)(H2,17,19,21). The molecule has 0 fully saturated rings. The van der Waals surface area contributed by atoms with Crippen molar-refractivity contribution in [2.45, 2.75) is 6.92 Å². The molecular formula is C16H17N3OS. The highest BCUT2D eigenvalue weighted by Gasteiger charge is 2.05. The highest BCUT2D eigenvalue weighted by Crippen LogP contribution is 2.16. The van der Waals surface area contributed by atoms with Crippen molar-refractivity contribution in [1.29, 1.82) is 0 Å². The number of nitrogens with one attached hydrogen (secondary N) is 3. The van der Waals surface area contributed by atoms with Crippen LogP contribution in [0.25, 0.3) is 0 Å². The highest BCUT2D eigenvalue weighted by molar-refractivity contribution is 7.80. The van der Waals surface area contributed by atoms with Crippen LogP contribution in [0.4, 0.5) is 11.4 Å². The van der Waals surface area contributed by atoms with Crippen molar-refractivity contribution in [2.75, 3.05) is 17.2 Å². The van der Waals surface area contributed by atoms with Gasteiger partial charge in [-0.1, -0.05) is 24.3 Å². The second-order valence-electron chi connectivity index (χ2n) is 4.39. The van der Waals surface area contributed by atoms with Crippen LogP contribution in [0.1, 0.15) is 17.3 Å². The van der Waals surface area contributed by atoms with Gasteiger partial charge in [0.1, 0.15) is 0 Å². The molecule has 0 heterocycles. The molecule has 0 atom stereocenters. The molecular weight excluding hydrogens is 282 g/mol. The van der Waals surface area contributed by atoms with Gasteiger partial charge < -0.3 is 16.0 Å². The number of anilines is 2. The van der Waals surface area contributed by atoms with E-state index in [1.807, 2.05) is 49.4 Å². The molecule has 108 valence electrons. The Labute approximate surface area is 129 Å². The maximum absolute atomic E-state index is 12.1. The molecule has 2 aromatic carbocycles.